The van der Waals surface area contributed by atoms with Crippen molar-refractivity contribution in [3.8, 4) is 0 Å². The lowest BCUT2D eigenvalue weighted by atomic mass is 9.78. The third-order valence-electron chi connectivity index (χ3n) is 4.99. The Morgan fingerprint density at radius 2 is 1.76 bits per heavy atom. The van der Waals surface area contributed by atoms with Crippen molar-refractivity contribution in [1.82, 2.24) is 10.6 Å². The van der Waals surface area contributed by atoms with E-state index in [2.05, 4.69) is 5.32 Å². The first-order chi connectivity index (χ1) is 13.3. The second-order valence-corrected chi connectivity index (χ2v) is 8.98. The number of benzene rings is 1. The highest BCUT2D eigenvalue weighted by Crippen LogP contribution is 2.44. The van der Waals surface area contributed by atoms with Gasteiger partial charge >= 0.3 is 12.2 Å². The number of carbonyl (C=O) groups excluding carboxylic acids is 2. The molecule has 0 saturated carbocycles. The molecule has 156 valence electrons. The number of alkyl halides is 3. The molecule has 3 N–H and O–H groups in total. The van der Waals surface area contributed by atoms with Gasteiger partial charge in [-0.05, 0) is 28.0 Å². The molecule has 0 aliphatic carbocycles. The van der Waals surface area contributed by atoms with Gasteiger partial charge in [0.25, 0.3) is 0 Å². The molecule has 1 aromatic carbocycles. The molecule has 29 heavy (non-hydrogen) atoms. The van der Waals surface area contributed by atoms with E-state index in [1.807, 2.05) is 20.8 Å². The molecule has 1 fully saturated rings. The van der Waals surface area contributed by atoms with Gasteiger partial charge in [0.15, 0.2) is 5.78 Å². The summed E-state index contributed by atoms with van der Waals surface area (Å²) in [5, 5.41) is 16.0. The summed E-state index contributed by atoms with van der Waals surface area (Å²) in [7, 11) is 0. The number of thiophene rings is 1. The third kappa shape index (κ3) is 3.89. The molecule has 9 heteroatoms. The second kappa shape index (κ2) is 7.14. The van der Waals surface area contributed by atoms with E-state index in [0.29, 0.717) is 5.56 Å². The van der Waals surface area contributed by atoms with Crippen LogP contribution in [0.2, 0.25) is 0 Å². The largest absolute Gasteiger partial charge is 0.437 e. The average Bonchev–Trinajstić information content (AvgIpc) is 3.13. The van der Waals surface area contributed by atoms with Gasteiger partial charge in [-0.2, -0.15) is 13.2 Å². The van der Waals surface area contributed by atoms with Crippen molar-refractivity contribution in [2.75, 3.05) is 0 Å². The Bertz CT molecular complexity index is 905. The number of hydrogen-bond acceptors (Lipinski definition) is 4. The molecule has 3 rings (SSSR count). The van der Waals surface area contributed by atoms with Crippen molar-refractivity contribution in [3.63, 3.8) is 0 Å². The van der Waals surface area contributed by atoms with E-state index in [4.69, 9.17) is 0 Å². The molecule has 2 amide bonds. The van der Waals surface area contributed by atoms with E-state index in [1.54, 1.807) is 29.6 Å². The highest BCUT2D eigenvalue weighted by molar-refractivity contribution is 7.12. The van der Waals surface area contributed by atoms with Crippen LogP contribution < -0.4 is 10.6 Å². The molecule has 0 radical (unpaired) electrons. The summed E-state index contributed by atoms with van der Waals surface area (Å²) >= 11 is 0.971. The normalized spacial score (nSPS) is 25.3. The Balaban J connectivity index is 2.11. The van der Waals surface area contributed by atoms with Gasteiger partial charge in [0.2, 0.25) is 5.72 Å². The maximum absolute atomic E-state index is 13.8. The van der Waals surface area contributed by atoms with E-state index in [1.165, 1.54) is 17.4 Å². The summed E-state index contributed by atoms with van der Waals surface area (Å²) in [6.45, 7) is 5.96. The maximum atomic E-state index is 13.8. The molecular weight excluding hydrogens is 405 g/mol. The minimum Gasteiger partial charge on any atom is -0.363 e. The molecule has 1 aliphatic heterocycles. The van der Waals surface area contributed by atoms with Crippen molar-refractivity contribution in [3.05, 3.63) is 57.8 Å². The van der Waals surface area contributed by atoms with Gasteiger partial charge in [0, 0.05) is 0 Å². The number of hydrogen-bond donors (Lipinski definition) is 3. The van der Waals surface area contributed by atoms with Crippen LogP contribution in [-0.2, 0) is 5.41 Å². The number of carbonyl (C=O) groups is 2. The van der Waals surface area contributed by atoms with E-state index in [0.717, 1.165) is 16.9 Å². The molecule has 2 heterocycles. The number of urea groups is 1. The molecule has 3 atom stereocenters. The molecule has 2 aromatic rings. The SMILES string of the molecule is CC(C)(C)c1ccc([C@@H]2NC(=O)N[C@](O)(C(F)(F)F)[C@H]2C(=O)c2cccs2)cc1. The van der Waals surface area contributed by atoms with E-state index < -0.39 is 35.7 Å². The number of aliphatic hydroxyl groups is 1. The van der Waals surface area contributed by atoms with Crippen LogP contribution >= 0.6 is 11.3 Å². The van der Waals surface area contributed by atoms with E-state index >= 15 is 0 Å². The summed E-state index contributed by atoms with van der Waals surface area (Å²) in [5.74, 6) is -2.91. The number of halogens is 3. The van der Waals surface area contributed by atoms with Crippen molar-refractivity contribution < 1.29 is 27.9 Å². The van der Waals surface area contributed by atoms with Crippen molar-refractivity contribution in [2.24, 2.45) is 5.92 Å². The molecule has 0 spiro atoms. The summed E-state index contributed by atoms with van der Waals surface area (Å²) < 4.78 is 41.5. The first kappa shape index (κ1) is 21.3. The zero-order chi connectivity index (χ0) is 21.6. The summed E-state index contributed by atoms with van der Waals surface area (Å²) in [6.07, 6.45) is -5.26. The Morgan fingerprint density at radius 1 is 1.14 bits per heavy atom. The first-order valence-electron chi connectivity index (χ1n) is 8.90. The minimum atomic E-state index is -5.26. The maximum Gasteiger partial charge on any atom is 0.437 e. The summed E-state index contributed by atoms with van der Waals surface area (Å²) in [6, 6.07) is 6.98. The van der Waals surface area contributed by atoms with Gasteiger partial charge in [-0.3, -0.25) is 4.79 Å². The predicted octanol–water partition coefficient (Wildman–Crippen LogP) is 4.15. The topological polar surface area (TPSA) is 78.4 Å². The van der Waals surface area contributed by atoms with E-state index in [9.17, 15) is 27.9 Å². The Labute approximate surface area is 169 Å². The standard InChI is InChI=1S/C20H21F3N2O3S/c1-18(2,3)12-8-6-11(7-9-12)15-14(16(26)13-5-4-10-29-13)19(28,20(21,22)23)25-17(27)24-15/h4-10,14-15,28H,1-3H3,(H2,24,25,27)/t14-,15+,19-/m1/s1. The highest BCUT2D eigenvalue weighted by atomic mass is 32.1. The molecule has 0 unspecified atom stereocenters. The van der Waals surface area contributed by atoms with Gasteiger partial charge in [-0.25, -0.2) is 4.79 Å². The van der Waals surface area contributed by atoms with Gasteiger partial charge in [0.1, 0.15) is 5.92 Å². The Hall–Kier alpha value is -2.39. The summed E-state index contributed by atoms with van der Waals surface area (Å²) in [5.41, 5.74) is -2.65. The Kier molecular flexibility index (Phi) is 5.25. The fourth-order valence-corrected chi connectivity index (χ4v) is 4.08. The fourth-order valence-electron chi connectivity index (χ4n) is 3.38. The molecule has 5 nitrogen and oxygen atoms in total. The molecule has 1 aromatic heterocycles. The monoisotopic (exact) mass is 426 g/mol. The van der Waals surface area contributed by atoms with Crippen LogP contribution in [-0.4, -0.2) is 28.8 Å². The lowest BCUT2D eigenvalue weighted by Crippen LogP contribution is -2.72. The van der Waals surface area contributed by atoms with Gasteiger partial charge in [-0.1, -0.05) is 51.1 Å². The number of Topliss-reactive ketones (excluding diaryl/α,β-unsaturated/α-hetero) is 1. The van der Waals surface area contributed by atoms with Crippen LogP contribution in [0.5, 0.6) is 0 Å². The number of rotatable bonds is 3. The van der Waals surface area contributed by atoms with Crippen LogP contribution in [0, 0.1) is 5.92 Å². The van der Waals surface area contributed by atoms with Crippen molar-refractivity contribution in [2.45, 2.75) is 44.1 Å². The van der Waals surface area contributed by atoms with Gasteiger partial charge in [0.05, 0.1) is 10.9 Å². The second-order valence-electron chi connectivity index (χ2n) is 8.03. The highest BCUT2D eigenvalue weighted by Gasteiger charge is 2.66. The minimum absolute atomic E-state index is 0.0620. The molecule has 1 aliphatic rings. The quantitative estimate of drug-likeness (QED) is 0.646. The zero-order valence-electron chi connectivity index (χ0n) is 16.0. The zero-order valence-corrected chi connectivity index (χ0v) is 16.8. The lowest BCUT2D eigenvalue weighted by Gasteiger charge is -2.45. The molecule has 1 saturated heterocycles. The van der Waals surface area contributed by atoms with Crippen LogP contribution in [0.15, 0.2) is 41.8 Å². The van der Waals surface area contributed by atoms with Crippen molar-refractivity contribution >= 4 is 23.2 Å². The Morgan fingerprint density at radius 3 is 2.24 bits per heavy atom. The summed E-state index contributed by atoms with van der Waals surface area (Å²) in [4.78, 5) is 25.1. The van der Waals surface area contributed by atoms with Crippen LogP contribution in [0.4, 0.5) is 18.0 Å². The fraction of sp³-hybridized carbons (Fsp3) is 0.400. The molecule has 0 bridgehead atoms. The van der Waals surface area contributed by atoms with Crippen LogP contribution in [0.3, 0.4) is 0 Å². The van der Waals surface area contributed by atoms with Crippen LogP contribution in [0.1, 0.15) is 47.6 Å². The number of nitrogens with one attached hydrogen (secondary N) is 2. The smallest absolute Gasteiger partial charge is 0.363 e. The lowest BCUT2D eigenvalue weighted by molar-refractivity contribution is -0.287. The predicted molar refractivity (Wildman–Crippen MR) is 103 cm³/mol. The third-order valence-corrected chi connectivity index (χ3v) is 5.87. The average molecular weight is 426 g/mol. The number of amides is 2. The number of ketones is 1. The molecular formula is C20H21F3N2O3S. The van der Waals surface area contributed by atoms with Crippen molar-refractivity contribution in [1.29, 1.82) is 0 Å². The van der Waals surface area contributed by atoms with Gasteiger partial charge < -0.3 is 15.7 Å². The van der Waals surface area contributed by atoms with Gasteiger partial charge in [-0.15, -0.1) is 11.3 Å². The van der Waals surface area contributed by atoms with Crippen LogP contribution in [0.25, 0.3) is 0 Å². The van der Waals surface area contributed by atoms with E-state index in [-0.39, 0.29) is 10.3 Å². The first-order valence-corrected chi connectivity index (χ1v) is 9.78.